The highest BCUT2D eigenvalue weighted by atomic mass is 35.5. The van der Waals surface area contributed by atoms with Crippen molar-refractivity contribution in [3.8, 4) is 11.5 Å². The SMILES string of the molecule is COc1ccc(C(=O)Nc2cccc(Cl)c2C)cc1COc1ccccc1C(C)C. The summed E-state index contributed by atoms with van der Waals surface area (Å²) in [6.45, 7) is 6.43. The molecule has 3 aromatic rings. The fourth-order valence-corrected chi connectivity index (χ4v) is 3.39. The molecular formula is C25H26ClNO3. The van der Waals surface area contributed by atoms with E-state index in [0.29, 0.717) is 34.5 Å². The molecule has 0 unspecified atom stereocenters. The van der Waals surface area contributed by atoms with Crippen molar-refractivity contribution < 1.29 is 14.3 Å². The van der Waals surface area contributed by atoms with E-state index < -0.39 is 0 Å². The van der Waals surface area contributed by atoms with Crippen molar-refractivity contribution in [1.82, 2.24) is 0 Å². The van der Waals surface area contributed by atoms with Gasteiger partial charge in [-0.05, 0) is 60.4 Å². The van der Waals surface area contributed by atoms with Gasteiger partial charge >= 0.3 is 0 Å². The van der Waals surface area contributed by atoms with E-state index in [9.17, 15) is 4.79 Å². The van der Waals surface area contributed by atoms with Crippen molar-refractivity contribution in [2.75, 3.05) is 12.4 Å². The standard InChI is InChI=1S/C25H26ClNO3/c1-16(2)20-8-5-6-11-24(20)30-15-19-14-18(12-13-23(19)29-4)25(28)27-22-10-7-9-21(26)17(22)3/h5-14,16H,15H2,1-4H3,(H,27,28). The molecule has 156 valence electrons. The van der Waals surface area contributed by atoms with Gasteiger partial charge in [0.15, 0.2) is 0 Å². The fraction of sp³-hybridized carbons (Fsp3) is 0.240. The van der Waals surface area contributed by atoms with Crippen molar-refractivity contribution in [3.63, 3.8) is 0 Å². The highest BCUT2D eigenvalue weighted by Crippen LogP contribution is 2.29. The molecule has 0 saturated carbocycles. The maximum atomic E-state index is 12.8. The number of halogens is 1. The molecule has 4 nitrogen and oxygen atoms in total. The van der Waals surface area contributed by atoms with Gasteiger partial charge in [0.2, 0.25) is 0 Å². The molecule has 3 rings (SSSR count). The normalized spacial score (nSPS) is 10.7. The molecular weight excluding hydrogens is 398 g/mol. The maximum absolute atomic E-state index is 12.8. The van der Waals surface area contributed by atoms with Gasteiger partial charge in [0.25, 0.3) is 5.91 Å². The highest BCUT2D eigenvalue weighted by Gasteiger charge is 2.14. The van der Waals surface area contributed by atoms with E-state index >= 15 is 0 Å². The van der Waals surface area contributed by atoms with Crippen molar-refractivity contribution in [3.05, 3.63) is 87.9 Å². The van der Waals surface area contributed by atoms with Crippen molar-refractivity contribution in [1.29, 1.82) is 0 Å². The zero-order valence-corrected chi connectivity index (χ0v) is 18.4. The molecule has 0 bridgehead atoms. The third kappa shape index (κ3) is 4.95. The second kappa shape index (κ2) is 9.68. The number of amides is 1. The van der Waals surface area contributed by atoms with Crippen LogP contribution in [0.15, 0.2) is 60.7 Å². The van der Waals surface area contributed by atoms with Gasteiger partial charge in [0.1, 0.15) is 18.1 Å². The molecule has 0 aliphatic heterocycles. The second-order valence-corrected chi connectivity index (χ2v) is 7.78. The Bertz CT molecular complexity index is 1050. The van der Waals surface area contributed by atoms with Crippen LogP contribution in [0.4, 0.5) is 5.69 Å². The van der Waals surface area contributed by atoms with Crippen molar-refractivity contribution in [2.45, 2.75) is 33.3 Å². The summed E-state index contributed by atoms with van der Waals surface area (Å²) in [5.41, 5.74) is 3.97. The number of carbonyl (C=O) groups is 1. The van der Waals surface area contributed by atoms with E-state index in [1.807, 2.05) is 37.3 Å². The van der Waals surface area contributed by atoms with Crippen molar-refractivity contribution in [2.24, 2.45) is 0 Å². The molecule has 0 aliphatic rings. The Morgan fingerprint density at radius 3 is 2.53 bits per heavy atom. The first kappa shape index (κ1) is 21.7. The van der Waals surface area contributed by atoms with Crippen LogP contribution in [0.5, 0.6) is 11.5 Å². The number of para-hydroxylation sites is 1. The monoisotopic (exact) mass is 423 g/mol. The van der Waals surface area contributed by atoms with Crippen LogP contribution >= 0.6 is 11.6 Å². The Kier molecular flexibility index (Phi) is 7.01. The average Bonchev–Trinajstić information content (AvgIpc) is 2.75. The Morgan fingerprint density at radius 2 is 1.80 bits per heavy atom. The van der Waals surface area contributed by atoms with Crippen LogP contribution in [0.2, 0.25) is 5.02 Å². The number of nitrogens with one attached hydrogen (secondary N) is 1. The van der Waals surface area contributed by atoms with Crippen molar-refractivity contribution >= 4 is 23.2 Å². The van der Waals surface area contributed by atoms with Gasteiger partial charge in [0, 0.05) is 21.8 Å². The number of hydrogen-bond acceptors (Lipinski definition) is 3. The maximum Gasteiger partial charge on any atom is 0.255 e. The lowest BCUT2D eigenvalue weighted by Gasteiger charge is -2.16. The molecule has 0 saturated heterocycles. The predicted octanol–water partition coefficient (Wildman–Crippen LogP) is 6.61. The Morgan fingerprint density at radius 1 is 1.03 bits per heavy atom. The molecule has 3 aromatic carbocycles. The van der Waals surface area contributed by atoms with Gasteiger partial charge in [0.05, 0.1) is 7.11 Å². The van der Waals surface area contributed by atoms with Gasteiger partial charge in [-0.2, -0.15) is 0 Å². The van der Waals surface area contributed by atoms with Gasteiger partial charge in [-0.15, -0.1) is 0 Å². The smallest absolute Gasteiger partial charge is 0.255 e. The number of hydrogen-bond donors (Lipinski definition) is 1. The molecule has 1 N–H and O–H groups in total. The number of ether oxygens (including phenoxy) is 2. The van der Waals surface area contributed by atoms with Crippen LogP contribution in [0, 0.1) is 6.92 Å². The largest absolute Gasteiger partial charge is 0.496 e. The molecule has 1 amide bonds. The molecule has 0 aliphatic carbocycles. The van der Waals surface area contributed by atoms with Crippen LogP contribution in [0.25, 0.3) is 0 Å². The summed E-state index contributed by atoms with van der Waals surface area (Å²) in [5, 5.41) is 3.54. The third-order valence-electron chi connectivity index (χ3n) is 4.98. The first-order chi connectivity index (χ1) is 14.4. The molecule has 0 atom stereocenters. The van der Waals surface area contributed by atoms with E-state index in [1.165, 1.54) is 0 Å². The Balaban J connectivity index is 1.82. The first-order valence-electron chi connectivity index (χ1n) is 9.85. The van der Waals surface area contributed by atoms with Crippen LogP contribution < -0.4 is 14.8 Å². The van der Waals surface area contributed by atoms with Crippen LogP contribution in [-0.2, 0) is 6.61 Å². The molecule has 0 radical (unpaired) electrons. The molecule has 0 aromatic heterocycles. The lowest BCUT2D eigenvalue weighted by Crippen LogP contribution is -2.13. The summed E-state index contributed by atoms with van der Waals surface area (Å²) in [4.78, 5) is 12.8. The van der Waals surface area contributed by atoms with E-state index in [1.54, 1.807) is 31.4 Å². The van der Waals surface area contributed by atoms with Gasteiger partial charge in [-0.3, -0.25) is 4.79 Å². The predicted molar refractivity (Wildman–Crippen MR) is 122 cm³/mol. The van der Waals surface area contributed by atoms with Crippen LogP contribution in [0.1, 0.15) is 46.8 Å². The minimum absolute atomic E-state index is 0.216. The zero-order chi connectivity index (χ0) is 21.7. The fourth-order valence-electron chi connectivity index (χ4n) is 3.21. The number of anilines is 1. The summed E-state index contributed by atoms with van der Waals surface area (Å²) >= 11 is 6.16. The van der Waals surface area contributed by atoms with Gasteiger partial charge < -0.3 is 14.8 Å². The zero-order valence-electron chi connectivity index (χ0n) is 17.7. The summed E-state index contributed by atoms with van der Waals surface area (Å²) in [7, 11) is 1.61. The van der Waals surface area contributed by atoms with E-state index in [4.69, 9.17) is 21.1 Å². The molecule has 30 heavy (non-hydrogen) atoms. The van der Waals surface area contributed by atoms with E-state index in [-0.39, 0.29) is 5.91 Å². The van der Waals surface area contributed by atoms with Crippen LogP contribution in [-0.4, -0.2) is 13.0 Å². The Labute approximate surface area is 182 Å². The number of methoxy groups -OCH3 is 1. The molecule has 0 heterocycles. The second-order valence-electron chi connectivity index (χ2n) is 7.37. The van der Waals surface area contributed by atoms with Gasteiger partial charge in [-0.1, -0.05) is 49.7 Å². The minimum atomic E-state index is -0.216. The average molecular weight is 424 g/mol. The first-order valence-corrected chi connectivity index (χ1v) is 10.2. The topological polar surface area (TPSA) is 47.6 Å². The quantitative estimate of drug-likeness (QED) is 0.465. The lowest BCUT2D eigenvalue weighted by atomic mass is 10.0. The summed E-state index contributed by atoms with van der Waals surface area (Å²) in [5.74, 6) is 1.64. The number of rotatable bonds is 7. The Hall–Kier alpha value is -2.98. The molecule has 0 fully saturated rings. The van der Waals surface area contributed by atoms with Gasteiger partial charge in [-0.25, -0.2) is 0 Å². The minimum Gasteiger partial charge on any atom is -0.496 e. The summed E-state index contributed by atoms with van der Waals surface area (Å²) in [6, 6.07) is 18.7. The lowest BCUT2D eigenvalue weighted by molar-refractivity contribution is 0.102. The van der Waals surface area contributed by atoms with E-state index in [0.717, 1.165) is 22.4 Å². The molecule has 5 heteroatoms. The third-order valence-corrected chi connectivity index (χ3v) is 5.39. The summed E-state index contributed by atoms with van der Waals surface area (Å²) in [6.07, 6.45) is 0. The number of carbonyl (C=O) groups excluding carboxylic acids is 1. The molecule has 0 spiro atoms. The van der Waals surface area contributed by atoms with E-state index in [2.05, 4.69) is 25.2 Å². The number of benzene rings is 3. The summed E-state index contributed by atoms with van der Waals surface area (Å²) < 4.78 is 11.6. The van der Waals surface area contributed by atoms with Crippen LogP contribution in [0.3, 0.4) is 0 Å². The highest BCUT2D eigenvalue weighted by molar-refractivity contribution is 6.31.